The van der Waals surface area contributed by atoms with E-state index in [9.17, 15) is 9.59 Å². The van der Waals surface area contributed by atoms with Gasteiger partial charge in [-0.15, -0.1) is 0 Å². The minimum absolute atomic E-state index is 0.106. The summed E-state index contributed by atoms with van der Waals surface area (Å²) in [5.74, 6) is 0.655. The van der Waals surface area contributed by atoms with Crippen LogP contribution < -0.4 is 16.8 Å². The first-order valence-corrected chi connectivity index (χ1v) is 20.0. The van der Waals surface area contributed by atoms with Crippen molar-refractivity contribution in [3.05, 3.63) is 59.4 Å². The monoisotopic (exact) mass is 780 g/mol. The van der Waals surface area contributed by atoms with Gasteiger partial charge in [0.15, 0.2) is 11.2 Å². The number of hydrogen-bond donors (Lipinski definition) is 3. The fourth-order valence-electron chi connectivity index (χ4n) is 7.90. The summed E-state index contributed by atoms with van der Waals surface area (Å²) < 4.78 is 19.0. The van der Waals surface area contributed by atoms with Crippen LogP contribution in [0.3, 0.4) is 0 Å². The van der Waals surface area contributed by atoms with Gasteiger partial charge in [-0.2, -0.15) is 10.1 Å². The molecule has 0 saturated carbocycles. The highest BCUT2D eigenvalue weighted by atomic mass is 16.5. The van der Waals surface area contributed by atoms with Crippen LogP contribution in [0.1, 0.15) is 29.5 Å². The highest BCUT2D eigenvalue weighted by molar-refractivity contribution is 5.99. The normalized spacial score (nSPS) is 16.8. The van der Waals surface area contributed by atoms with Crippen LogP contribution in [0, 0.1) is 0 Å². The van der Waals surface area contributed by atoms with Crippen molar-refractivity contribution >= 4 is 45.8 Å². The second kappa shape index (κ2) is 17.9. The largest absolute Gasteiger partial charge is 0.424 e. The molecule has 0 radical (unpaired) electrons. The molecule has 0 unspecified atom stereocenters. The van der Waals surface area contributed by atoms with Crippen LogP contribution in [0.15, 0.2) is 47.1 Å². The van der Waals surface area contributed by atoms with Gasteiger partial charge in [0.25, 0.3) is 6.01 Å². The Morgan fingerprint density at radius 3 is 2.25 bits per heavy atom. The number of nitrogen functional groups attached to an aromatic ring is 2. The summed E-state index contributed by atoms with van der Waals surface area (Å²) in [6.45, 7) is 12.9. The van der Waals surface area contributed by atoms with Gasteiger partial charge >= 0.3 is 0 Å². The Hall–Kier alpha value is -5.20. The highest BCUT2D eigenvalue weighted by Crippen LogP contribution is 2.33. The van der Waals surface area contributed by atoms with Crippen molar-refractivity contribution < 1.29 is 23.5 Å². The van der Waals surface area contributed by atoms with E-state index in [2.05, 4.69) is 48.3 Å². The molecule has 5 N–H and O–H groups in total. The summed E-state index contributed by atoms with van der Waals surface area (Å²) in [7, 11) is 0. The van der Waals surface area contributed by atoms with E-state index in [1.54, 1.807) is 0 Å². The summed E-state index contributed by atoms with van der Waals surface area (Å²) in [6.07, 6.45) is 3.07. The number of carbonyl (C=O) groups is 2. The lowest BCUT2D eigenvalue weighted by Crippen LogP contribution is -2.48. The third-order valence-corrected chi connectivity index (χ3v) is 11.2. The standard InChI is InChI=1S/C40H52N12O5/c41-38-36-37(30-3-4-33-32(24-30)46-40(42)57-33)47-52(39(36)45-27-44-38)25-28-1-2-31-26-51(10-5-29(31)23-28)35(54)7-20-56-22-18-49-15-13-48(14-16-49)17-21-55-19-6-34(53)50-11-8-43-9-12-50/h1-4,23-24,27,43H,5-22,25-26H2,(H2,42,46)(H2,41,44,45). The van der Waals surface area contributed by atoms with Crippen LogP contribution in [0.25, 0.3) is 33.4 Å². The van der Waals surface area contributed by atoms with E-state index in [0.29, 0.717) is 92.5 Å². The Morgan fingerprint density at radius 2 is 1.51 bits per heavy atom. The molecule has 0 atom stereocenters. The number of ether oxygens (including phenoxy) is 2. The lowest BCUT2D eigenvalue weighted by atomic mass is 9.97. The second-order valence-electron chi connectivity index (χ2n) is 14.9. The van der Waals surface area contributed by atoms with Crippen LogP contribution >= 0.6 is 0 Å². The first kappa shape index (κ1) is 38.7. The Bertz CT molecular complexity index is 2170. The van der Waals surface area contributed by atoms with E-state index in [4.69, 9.17) is 30.5 Å². The van der Waals surface area contributed by atoms with Crippen molar-refractivity contribution in [1.82, 2.24) is 49.6 Å². The number of oxazole rings is 1. The minimum atomic E-state index is 0.106. The molecule has 2 amide bonds. The van der Waals surface area contributed by atoms with Gasteiger partial charge in [0, 0.05) is 84.1 Å². The fraction of sp³-hybridized carbons (Fsp3) is 0.500. The van der Waals surface area contributed by atoms with E-state index in [-0.39, 0.29) is 17.8 Å². The Balaban J connectivity index is 0.745. The van der Waals surface area contributed by atoms with Crippen LogP contribution in [0.5, 0.6) is 0 Å². The van der Waals surface area contributed by atoms with E-state index in [1.165, 1.54) is 11.9 Å². The third-order valence-electron chi connectivity index (χ3n) is 11.2. The number of rotatable bonds is 15. The summed E-state index contributed by atoms with van der Waals surface area (Å²) >= 11 is 0. The van der Waals surface area contributed by atoms with Crippen molar-refractivity contribution in [3.63, 3.8) is 0 Å². The van der Waals surface area contributed by atoms with E-state index >= 15 is 0 Å². The van der Waals surface area contributed by atoms with Gasteiger partial charge in [0.2, 0.25) is 11.8 Å². The zero-order valence-electron chi connectivity index (χ0n) is 32.4. The SMILES string of the molecule is Nc1nc2cc(-c3nn(Cc4ccc5c(c4)CCN(C(=O)CCOCCN4CCN(CCOCCC(=O)N6CCNCC6)CC4)C5)c4ncnc(N)c34)ccc2o1. The Labute approximate surface area is 331 Å². The smallest absolute Gasteiger partial charge is 0.292 e. The number of benzene rings is 2. The van der Waals surface area contributed by atoms with Gasteiger partial charge in [-0.3, -0.25) is 19.4 Å². The number of piperazine rings is 2. The zero-order valence-corrected chi connectivity index (χ0v) is 32.4. The van der Waals surface area contributed by atoms with E-state index < -0.39 is 0 Å². The Morgan fingerprint density at radius 1 is 0.789 bits per heavy atom. The van der Waals surface area contributed by atoms with Gasteiger partial charge in [-0.1, -0.05) is 18.2 Å². The molecule has 8 rings (SSSR count). The number of fused-ring (bicyclic) bond motifs is 3. The third kappa shape index (κ3) is 9.34. The van der Waals surface area contributed by atoms with Gasteiger partial charge in [-0.25, -0.2) is 14.6 Å². The first-order chi connectivity index (χ1) is 27.9. The molecule has 2 aromatic carbocycles. The molecule has 57 heavy (non-hydrogen) atoms. The molecule has 6 heterocycles. The van der Waals surface area contributed by atoms with Crippen LogP contribution in [0.2, 0.25) is 0 Å². The number of amides is 2. The predicted octanol–water partition coefficient (Wildman–Crippen LogP) is 1.59. The van der Waals surface area contributed by atoms with Crippen molar-refractivity contribution in [2.24, 2.45) is 0 Å². The lowest BCUT2D eigenvalue weighted by Gasteiger charge is -2.34. The number of nitrogens with one attached hydrogen (secondary N) is 1. The lowest BCUT2D eigenvalue weighted by molar-refractivity contribution is -0.134. The molecule has 0 aliphatic carbocycles. The maximum Gasteiger partial charge on any atom is 0.292 e. The molecule has 302 valence electrons. The predicted molar refractivity (Wildman–Crippen MR) is 215 cm³/mol. The molecule has 3 aliphatic heterocycles. The van der Waals surface area contributed by atoms with Crippen LogP contribution in [0.4, 0.5) is 11.8 Å². The molecular formula is C40H52N12O5. The number of nitrogens with two attached hydrogens (primary N) is 2. The fourth-order valence-corrected chi connectivity index (χ4v) is 7.90. The van der Waals surface area contributed by atoms with Gasteiger partial charge < -0.3 is 40.5 Å². The Kier molecular flexibility index (Phi) is 12.2. The summed E-state index contributed by atoms with van der Waals surface area (Å²) in [5, 5.41) is 8.88. The summed E-state index contributed by atoms with van der Waals surface area (Å²) in [4.78, 5) is 47.1. The number of nitrogens with zero attached hydrogens (tertiary/aromatic N) is 9. The quantitative estimate of drug-likeness (QED) is 0.130. The molecule has 3 aliphatic rings. The molecule has 3 aromatic heterocycles. The van der Waals surface area contributed by atoms with Gasteiger partial charge in [-0.05, 0) is 41.3 Å². The minimum Gasteiger partial charge on any atom is -0.424 e. The first-order valence-electron chi connectivity index (χ1n) is 20.0. The molecule has 0 bridgehead atoms. The van der Waals surface area contributed by atoms with E-state index in [0.717, 1.165) is 88.6 Å². The molecule has 2 fully saturated rings. The van der Waals surface area contributed by atoms with Crippen molar-refractivity contribution in [3.8, 4) is 11.3 Å². The van der Waals surface area contributed by atoms with Crippen molar-refractivity contribution in [2.75, 3.05) is 110 Å². The van der Waals surface area contributed by atoms with Crippen LogP contribution in [-0.4, -0.2) is 155 Å². The van der Waals surface area contributed by atoms with E-state index in [1.807, 2.05) is 32.7 Å². The number of anilines is 2. The molecular weight excluding hydrogens is 729 g/mol. The number of carbonyl (C=O) groups excluding carboxylic acids is 2. The molecule has 0 spiro atoms. The maximum absolute atomic E-state index is 13.1. The zero-order chi connectivity index (χ0) is 39.1. The average molecular weight is 781 g/mol. The highest BCUT2D eigenvalue weighted by Gasteiger charge is 2.23. The molecule has 17 heteroatoms. The molecule has 17 nitrogen and oxygen atoms in total. The second-order valence-corrected chi connectivity index (χ2v) is 14.9. The van der Waals surface area contributed by atoms with Crippen LogP contribution in [-0.2, 0) is 38.6 Å². The number of aromatic nitrogens is 5. The van der Waals surface area contributed by atoms with Gasteiger partial charge in [0.1, 0.15) is 23.4 Å². The topological polar surface area (TPSA) is 199 Å². The summed E-state index contributed by atoms with van der Waals surface area (Å²) in [6, 6.07) is 12.1. The van der Waals surface area contributed by atoms with Crippen molar-refractivity contribution in [1.29, 1.82) is 0 Å². The summed E-state index contributed by atoms with van der Waals surface area (Å²) in [5.41, 5.74) is 18.9. The van der Waals surface area contributed by atoms with Gasteiger partial charge in [0.05, 0.1) is 51.2 Å². The average Bonchev–Trinajstić information content (AvgIpc) is 3.80. The maximum atomic E-state index is 13.1. The molecule has 2 saturated heterocycles. The molecule has 5 aromatic rings. The van der Waals surface area contributed by atoms with Crippen molar-refractivity contribution in [2.45, 2.75) is 32.4 Å². The number of hydrogen-bond acceptors (Lipinski definition) is 14.